The maximum absolute atomic E-state index is 11.5. The van der Waals surface area contributed by atoms with Crippen LogP contribution in [0.15, 0.2) is 24.3 Å². The van der Waals surface area contributed by atoms with Crippen LogP contribution in [0.25, 0.3) is 0 Å². The van der Waals surface area contributed by atoms with Crippen LogP contribution in [0.3, 0.4) is 0 Å². The number of ether oxygens (including phenoxy) is 1. The van der Waals surface area contributed by atoms with Crippen LogP contribution in [0.1, 0.15) is 61.5 Å². The fourth-order valence-electron chi connectivity index (χ4n) is 3.17. The zero-order chi connectivity index (χ0) is 13.2. The van der Waals surface area contributed by atoms with Crippen molar-refractivity contribution in [2.75, 3.05) is 0 Å². The molecular formula is C16H18O3. The quantitative estimate of drug-likeness (QED) is 0.604. The second-order valence-electron chi connectivity index (χ2n) is 5.55. The summed E-state index contributed by atoms with van der Waals surface area (Å²) in [7, 11) is 0. The molecule has 3 nitrogen and oxygen atoms in total. The predicted molar refractivity (Wildman–Crippen MR) is 70.7 cm³/mol. The molecule has 0 spiro atoms. The van der Waals surface area contributed by atoms with Crippen molar-refractivity contribution in [3.05, 3.63) is 35.4 Å². The molecule has 1 atom stereocenters. The maximum Gasteiger partial charge on any atom is 0.321 e. The van der Waals surface area contributed by atoms with Gasteiger partial charge in [-0.15, -0.1) is 0 Å². The normalized spacial score (nSPS) is 24.5. The molecule has 1 saturated carbocycles. The number of rotatable bonds is 2. The molecule has 1 saturated heterocycles. The topological polar surface area (TPSA) is 43.4 Å². The number of benzene rings is 1. The molecule has 0 amide bonds. The average Bonchev–Trinajstić information content (AvgIpc) is 2.79. The van der Waals surface area contributed by atoms with Gasteiger partial charge < -0.3 is 4.74 Å². The standard InChI is InChI=1S/C16H18O3/c17-15-10-14(16(18)19-15)13-8-6-12(7-9-13)11-4-2-1-3-5-11/h6-9,11,14H,1-5,10H2. The van der Waals surface area contributed by atoms with E-state index in [-0.39, 0.29) is 6.42 Å². The molecule has 19 heavy (non-hydrogen) atoms. The van der Waals surface area contributed by atoms with Crippen LogP contribution < -0.4 is 0 Å². The molecule has 1 aliphatic carbocycles. The monoisotopic (exact) mass is 258 g/mol. The lowest BCUT2D eigenvalue weighted by molar-refractivity contribution is -0.152. The number of hydrogen-bond acceptors (Lipinski definition) is 3. The van der Waals surface area contributed by atoms with E-state index in [9.17, 15) is 9.59 Å². The third-order valence-electron chi connectivity index (χ3n) is 4.29. The number of cyclic esters (lactones) is 2. The van der Waals surface area contributed by atoms with Gasteiger partial charge in [-0.1, -0.05) is 43.5 Å². The Morgan fingerprint density at radius 1 is 0.895 bits per heavy atom. The summed E-state index contributed by atoms with van der Waals surface area (Å²) in [4.78, 5) is 22.6. The Kier molecular flexibility index (Phi) is 3.36. The molecule has 3 rings (SSSR count). The minimum absolute atomic E-state index is 0.182. The van der Waals surface area contributed by atoms with Crippen molar-refractivity contribution in [3.8, 4) is 0 Å². The van der Waals surface area contributed by atoms with Gasteiger partial charge in [-0.25, -0.2) is 0 Å². The first-order chi connectivity index (χ1) is 9.24. The molecule has 2 fully saturated rings. The van der Waals surface area contributed by atoms with Crippen molar-refractivity contribution in [1.29, 1.82) is 0 Å². The van der Waals surface area contributed by atoms with Crippen LogP contribution in [0.2, 0.25) is 0 Å². The average molecular weight is 258 g/mol. The number of esters is 2. The summed E-state index contributed by atoms with van der Waals surface area (Å²) < 4.78 is 4.60. The fraction of sp³-hybridized carbons (Fsp3) is 0.500. The molecule has 3 heteroatoms. The lowest BCUT2D eigenvalue weighted by Gasteiger charge is -2.22. The van der Waals surface area contributed by atoms with Crippen molar-refractivity contribution in [3.63, 3.8) is 0 Å². The molecule has 0 aromatic heterocycles. The first kappa shape index (κ1) is 12.4. The summed E-state index contributed by atoms with van der Waals surface area (Å²) in [5, 5.41) is 0. The lowest BCUT2D eigenvalue weighted by atomic mass is 9.83. The van der Waals surface area contributed by atoms with Crippen molar-refractivity contribution in [2.45, 2.75) is 50.4 Å². The Hall–Kier alpha value is -1.64. The van der Waals surface area contributed by atoms with Crippen LogP contribution in [0.5, 0.6) is 0 Å². The molecule has 100 valence electrons. The number of carbonyl (C=O) groups is 2. The van der Waals surface area contributed by atoms with Crippen LogP contribution in [0.4, 0.5) is 0 Å². The van der Waals surface area contributed by atoms with Crippen molar-refractivity contribution in [2.24, 2.45) is 0 Å². The van der Waals surface area contributed by atoms with E-state index in [0.29, 0.717) is 5.92 Å². The minimum atomic E-state index is -0.411. The third-order valence-corrected chi connectivity index (χ3v) is 4.29. The summed E-state index contributed by atoms with van der Waals surface area (Å²) >= 11 is 0. The van der Waals surface area contributed by atoms with Gasteiger partial charge in [0.05, 0.1) is 12.3 Å². The highest BCUT2D eigenvalue weighted by atomic mass is 16.6. The first-order valence-corrected chi connectivity index (χ1v) is 7.08. The number of hydrogen-bond donors (Lipinski definition) is 0. The third kappa shape index (κ3) is 2.55. The highest BCUT2D eigenvalue weighted by molar-refractivity contribution is 5.97. The van der Waals surface area contributed by atoms with Gasteiger partial charge in [-0.2, -0.15) is 0 Å². The molecule has 0 radical (unpaired) electrons. The smallest absolute Gasteiger partial charge is 0.321 e. The predicted octanol–water partition coefficient (Wildman–Crippen LogP) is 3.29. The van der Waals surface area contributed by atoms with E-state index < -0.39 is 17.9 Å². The van der Waals surface area contributed by atoms with E-state index in [1.807, 2.05) is 12.1 Å². The molecule has 0 bridgehead atoms. The second-order valence-corrected chi connectivity index (χ2v) is 5.55. The van der Waals surface area contributed by atoms with E-state index >= 15 is 0 Å². The molecule has 2 aliphatic rings. The molecule has 1 aromatic carbocycles. The Morgan fingerprint density at radius 3 is 2.11 bits per heavy atom. The van der Waals surface area contributed by atoms with Crippen LogP contribution >= 0.6 is 0 Å². The zero-order valence-corrected chi connectivity index (χ0v) is 10.9. The van der Waals surface area contributed by atoms with Crippen LogP contribution in [0, 0.1) is 0 Å². The Morgan fingerprint density at radius 2 is 1.53 bits per heavy atom. The molecule has 1 heterocycles. The largest absolute Gasteiger partial charge is 0.393 e. The van der Waals surface area contributed by atoms with Gasteiger partial charge >= 0.3 is 11.9 Å². The molecule has 0 N–H and O–H groups in total. The second kappa shape index (κ2) is 5.16. The van der Waals surface area contributed by atoms with Gasteiger partial charge in [0.1, 0.15) is 0 Å². The Bertz CT molecular complexity index is 483. The minimum Gasteiger partial charge on any atom is -0.393 e. The SMILES string of the molecule is O=C1CC(c2ccc(C3CCCCC3)cc2)C(=O)O1. The van der Waals surface area contributed by atoms with E-state index in [2.05, 4.69) is 16.9 Å². The molecule has 1 unspecified atom stereocenters. The van der Waals surface area contributed by atoms with Gasteiger partial charge in [0.2, 0.25) is 0 Å². The van der Waals surface area contributed by atoms with Gasteiger partial charge in [0, 0.05) is 0 Å². The first-order valence-electron chi connectivity index (χ1n) is 7.08. The summed E-state index contributed by atoms with van der Waals surface area (Å²) in [5.74, 6) is -0.547. The van der Waals surface area contributed by atoms with Crippen LogP contribution in [-0.4, -0.2) is 11.9 Å². The van der Waals surface area contributed by atoms with E-state index in [1.54, 1.807) is 0 Å². The van der Waals surface area contributed by atoms with Gasteiger partial charge in [0.25, 0.3) is 0 Å². The molecular weight excluding hydrogens is 240 g/mol. The fourth-order valence-corrected chi connectivity index (χ4v) is 3.17. The van der Waals surface area contributed by atoms with E-state index in [4.69, 9.17) is 0 Å². The summed E-state index contributed by atoms with van der Waals surface area (Å²) in [6.45, 7) is 0. The lowest BCUT2D eigenvalue weighted by Crippen LogP contribution is -2.07. The summed E-state index contributed by atoms with van der Waals surface area (Å²) in [6, 6.07) is 8.19. The van der Waals surface area contributed by atoms with Gasteiger partial charge in [0.15, 0.2) is 0 Å². The van der Waals surface area contributed by atoms with Crippen molar-refractivity contribution in [1.82, 2.24) is 0 Å². The number of carbonyl (C=O) groups excluding carboxylic acids is 2. The highest BCUT2D eigenvalue weighted by Crippen LogP contribution is 2.34. The zero-order valence-electron chi connectivity index (χ0n) is 10.9. The summed E-state index contributed by atoms with van der Waals surface area (Å²) in [5.41, 5.74) is 2.26. The van der Waals surface area contributed by atoms with E-state index in [0.717, 1.165) is 5.56 Å². The Labute approximate surface area is 113 Å². The van der Waals surface area contributed by atoms with Gasteiger partial charge in [-0.3, -0.25) is 9.59 Å². The summed E-state index contributed by atoms with van der Waals surface area (Å²) in [6.07, 6.45) is 6.70. The molecule has 1 aromatic rings. The van der Waals surface area contributed by atoms with Crippen molar-refractivity contribution < 1.29 is 14.3 Å². The van der Waals surface area contributed by atoms with Crippen molar-refractivity contribution >= 4 is 11.9 Å². The van der Waals surface area contributed by atoms with Gasteiger partial charge in [-0.05, 0) is 29.9 Å². The Balaban J connectivity index is 1.75. The van der Waals surface area contributed by atoms with E-state index in [1.165, 1.54) is 37.7 Å². The highest BCUT2D eigenvalue weighted by Gasteiger charge is 2.34. The van der Waals surface area contributed by atoms with Crippen LogP contribution in [-0.2, 0) is 14.3 Å². The maximum atomic E-state index is 11.5. The molecule has 1 aliphatic heterocycles.